The Bertz CT molecular complexity index is 249. The van der Waals surface area contributed by atoms with Crippen LogP contribution in [0.5, 0.6) is 0 Å². The molecule has 0 saturated carbocycles. The van der Waals surface area contributed by atoms with Gasteiger partial charge in [-0.1, -0.05) is 6.08 Å². The summed E-state index contributed by atoms with van der Waals surface area (Å²) in [6.07, 6.45) is 14.0. The number of hydrogen-bond donors (Lipinski definition) is 1. The van der Waals surface area contributed by atoms with Gasteiger partial charge in [0.2, 0.25) is 0 Å². The Morgan fingerprint density at radius 3 is 2.38 bits per heavy atom. The molecule has 0 bridgehead atoms. The normalized spacial score (nSPS) is 12.3. The van der Waals surface area contributed by atoms with E-state index < -0.39 is 0 Å². The molecule has 1 aromatic heterocycles. The summed E-state index contributed by atoms with van der Waals surface area (Å²) in [7, 11) is 0. The molecular formula is C9H10N4. The average Bonchev–Trinajstić information content (AvgIpc) is 2.53. The van der Waals surface area contributed by atoms with Crippen molar-refractivity contribution in [1.82, 2.24) is 15.4 Å². The molecule has 1 aromatic rings. The van der Waals surface area contributed by atoms with Crippen molar-refractivity contribution in [3.8, 4) is 0 Å². The first-order chi connectivity index (χ1) is 6.50. The molecular weight excluding hydrogens is 164 g/mol. The summed E-state index contributed by atoms with van der Waals surface area (Å²) in [6.45, 7) is 0. The fourth-order valence-electron chi connectivity index (χ4n) is 0.595. The van der Waals surface area contributed by atoms with Crippen molar-refractivity contribution < 1.29 is 0 Å². The largest absolute Gasteiger partial charge is 0.286 e. The highest BCUT2D eigenvalue weighted by Crippen LogP contribution is 1.76. The van der Waals surface area contributed by atoms with Crippen LogP contribution in [0.3, 0.4) is 0 Å². The highest BCUT2D eigenvalue weighted by molar-refractivity contribution is 5.71. The quantitative estimate of drug-likeness (QED) is 0.641. The second-order valence-corrected chi connectivity index (χ2v) is 2.06. The van der Waals surface area contributed by atoms with Crippen molar-refractivity contribution in [3.63, 3.8) is 0 Å². The molecule has 0 fully saturated rings. The minimum Gasteiger partial charge on any atom is -0.286 e. The van der Waals surface area contributed by atoms with E-state index in [4.69, 9.17) is 0 Å². The Kier molecular flexibility index (Phi) is 4.72. The number of rotatable bonds is 0. The van der Waals surface area contributed by atoms with E-state index >= 15 is 0 Å². The number of nitrogens with zero attached hydrogens (tertiary/aromatic N) is 3. The minimum absolute atomic E-state index is 1.50. The molecule has 0 amide bonds. The van der Waals surface area contributed by atoms with Crippen LogP contribution in [-0.4, -0.2) is 16.2 Å². The van der Waals surface area contributed by atoms with E-state index in [0.717, 1.165) is 0 Å². The van der Waals surface area contributed by atoms with Crippen LogP contribution in [-0.2, 0) is 0 Å². The molecule has 0 saturated heterocycles. The summed E-state index contributed by atoms with van der Waals surface area (Å²) in [5.74, 6) is 0. The van der Waals surface area contributed by atoms with Crippen molar-refractivity contribution in [2.75, 3.05) is 0 Å². The van der Waals surface area contributed by atoms with Gasteiger partial charge < -0.3 is 0 Å². The van der Waals surface area contributed by atoms with Gasteiger partial charge in [-0.05, 0) is 18.2 Å². The van der Waals surface area contributed by atoms with Gasteiger partial charge in [-0.3, -0.25) is 5.43 Å². The molecule has 1 aliphatic rings. The molecule has 4 heteroatoms. The maximum atomic E-state index is 3.72. The van der Waals surface area contributed by atoms with Gasteiger partial charge in [0.25, 0.3) is 0 Å². The molecule has 0 unspecified atom stereocenters. The first-order valence-corrected chi connectivity index (χ1v) is 3.80. The molecule has 66 valence electrons. The number of hydrogen-bond acceptors (Lipinski definition) is 4. The Balaban J connectivity index is 0.000000132. The predicted octanol–water partition coefficient (Wildman–Crippen LogP) is 1.12. The van der Waals surface area contributed by atoms with Gasteiger partial charge in [-0.2, -0.15) is 5.10 Å². The lowest BCUT2D eigenvalue weighted by molar-refractivity contribution is 0.980. The number of hydrazone groups is 1. The van der Waals surface area contributed by atoms with Crippen molar-refractivity contribution >= 4 is 6.21 Å². The van der Waals surface area contributed by atoms with Crippen molar-refractivity contribution in [3.05, 3.63) is 49.2 Å². The second kappa shape index (κ2) is 6.72. The summed E-state index contributed by atoms with van der Waals surface area (Å²) in [5.41, 5.74) is 2.67. The molecule has 1 aliphatic heterocycles. The van der Waals surface area contributed by atoms with Crippen molar-refractivity contribution in [2.24, 2.45) is 5.10 Å². The first kappa shape index (κ1) is 9.12. The lowest BCUT2D eigenvalue weighted by atomic mass is 10.5. The van der Waals surface area contributed by atoms with Gasteiger partial charge in [-0.25, -0.2) is 9.97 Å². The van der Waals surface area contributed by atoms with E-state index in [2.05, 4.69) is 20.5 Å². The van der Waals surface area contributed by atoms with E-state index in [1.807, 2.05) is 18.2 Å². The Hall–Kier alpha value is -1.97. The molecule has 0 radical (unpaired) electrons. The lowest BCUT2D eigenvalue weighted by Crippen LogP contribution is -1.89. The third kappa shape index (κ3) is 5.32. The van der Waals surface area contributed by atoms with Crippen LogP contribution in [0.15, 0.2) is 54.3 Å². The van der Waals surface area contributed by atoms with Gasteiger partial charge in [0.05, 0.1) is 0 Å². The van der Waals surface area contributed by atoms with Gasteiger partial charge in [0.1, 0.15) is 6.33 Å². The lowest BCUT2D eigenvalue weighted by Gasteiger charge is -1.78. The van der Waals surface area contributed by atoms with E-state index in [1.165, 1.54) is 6.33 Å². The van der Waals surface area contributed by atoms with Gasteiger partial charge in [-0.15, -0.1) is 0 Å². The first-order valence-electron chi connectivity index (χ1n) is 3.80. The fraction of sp³-hybridized carbons (Fsp3) is 0. The molecule has 2 rings (SSSR count). The monoisotopic (exact) mass is 174 g/mol. The van der Waals surface area contributed by atoms with Gasteiger partial charge >= 0.3 is 0 Å². The third-order valence-electron chi connectivity index (χ3n) is 1.11. The molecule has 0 spiro atoms. The summed E-state index contributed by atoms with van der Waals surface area (Å²) in [6, 6.07) is 1.78. The topological polar surface area (TPSA) is 50.2 Å². The molecule has 0 atom stereocenters. The van der Waals surface area contributed by atoms with Crippen LogP contribution < -0.4 is 5.43 Å². The Morgan fingerprint density at radius 2 is 1.77 bits per heavy atom. The molecule has 13 heavy (non-hydrogen) atoms. The van der Waals surface area contributed by atoms with Crippen LogP contribution in [0, 0.1) is 0 Å². The predicted molar refractivity (Wildman–Crippen MR) is 51.9 cm³/mol. The number of aromatic nitrogens is 2. The maximum Gasteiger partial charge on any atom is 0.115 e. The summed E-state index contributed by atoms with van der Waals surface area (Å²) < 4.78 is 0. The second-order valence-electron chi connectivity index (χ2n) is 2.06. The van der Waals surface area contributed by atoms with E-state index in [-0.39, 0.29) is 0 Å². The minimum atomic E-state index is 1.50. The zero-order valence-electron chi connectivity index (χ0n) is 7.04. The molecule has 1 N–H and O–H groups in total. The summed E-state index contributed by atoms with van der Waals surface area (Å²) in [4.78, 5) is 7.35. The van der Waals surface area contributed by atoms with Crippen molar-refractivity contribution in [1.29, 1.82) is 0 Å². The summed E-state index contributed by atoms with van der Waals surface area (Å²) >= 11 is 0. The van der Waals surface area contributed by atoms with E-state index in [9.17, 15) is 0 Å². The van der Waals surface area contributed by atoms with Gasteiger partial charge in [0.15, 0.2) is 0 Å². The molecule has 0 aromatic carbocycles. The summed E-state index contributed by atoms with van der Waals surface area (Å²) in [5, 5.41) is 3.72. The zero-order valence-corrected chi connectivity index (χ0v) is 7.04. The highest BCUT2D eigenvalue weighted by atomic mass is 15.3. The van der Waals surface area contributed by atoms with Crippen LogP contribution in [0.4, 0.5) is 0 Å². The van der Waals surface area contributed by atoms with Gasteiger partial charge in [0, 0.05) is 24.8 Å². The van der Waals surface area contributed by atoms with Crippen LogP contribution in [0.2, 0.25) is 0 Å². The van der Waals surface area contributed by atoms with Crippen LogP contribution >= 0.6 is 0 Å². The SMILES string of the molecule is C1=CC=NNC=C1.c1cncnc1. The highest BCUT2D eigenvalue weighted by Gasteiger charge is 1.68. The molecule has 0 aliphatic carbocycles. The van der Waals surface area contributed by atoms with E-state index in [1.54, 1.807) is 30.9 Å². The van der Waals surface area contributed by atoms with Crippen molar-refractivity contribution in [2.45, 2.75) is 0 Å². The Morgan fingerprint density at radius 1 is 0.923 bits per heavy atom. The zero-order chi connectivity index (χ0) is 9.19. The smallest absolute Gasteiger partial charge is 0.115 e. The number of nitrogens with one attached hydrogen (secondary N) is 1. The Labute approximate surface area is 76.7 Å². The van der Waals surface area contributed by atoms with Crippen LogP contribution in [0.25, 0.3) is 0 Å². The average molecular weight is 174 g/mol. The maximum absolute atomic E-state index is 3.72. The molecule has 2 heterocycles. The standard InChI is InChI=1S/C5H6N2.C4H4N2/c1-2-4-6-7-5-3-1;1-2-5-4-6-3-1/h1-6H;1-4H. The van der Waals surface area contributed by atoms with Crippen LogP contribution in [0.1, 0.15) is 0 Å². The number of allylic oxidation sites excluding steroid dienone is 3. The third-order valence-corrected chi connectivity index (χ3v) is 1.11. The van der Waals surface area contributed by atoms with E-state index in [0.29, 0.717) is 0 Å². The molecule has 4 nitrogen and oxygen atoms in total. The fourth-order valence-corrected chi connectivity index (χ4v) is 0.595.